The Morgan fingerprint density at radius 1 is 0.881 bits per heavy atom. The summed E-state index contributed by atoms with van der Waals surface area (Å²) in [6, 6.07) is -1.27. The third kappa shape index (κ3) is 12.2. The largest absolute Gasteiger partial charge is 0.459 e. The first-order valence-corrected chi connectivity index (χ1v) is 21.7. The Labute approximate surface area is 354 Å². The summed E-state index contributed by atoms with van der Waals surface area (Å²) in [5.41, 5.74) is -3.98. The molecule has 0 spiro atoms. The highest BCUT2D eigenvalue weighted by atomic mass is 16.7. The van der Waals surface area contributed by atoms with E-state index in [2.05, 4.69) is 10.1 Å². The van der Waals surface area contributed by atoms with Crippen molar-refractivity contribution in [3.63, 3.8) is 0 Å². The van der Waals surface area contributed by atoms with Crippen LogP contribution in [0, 0.1) is 28.6 Å². The topological polar surface area (TPSA) is 188 Å². The molecule has 19 atom stereocenters. The van der Waals surface area contributed by atoms with Crippen LogP contribution in [0.2, 0.25) is 0 Å². The first-order valence-electron chi connectivity index (χ1n) is 21.7. The van der Waals surface area contributed by atoms with Gasteiger partial charge in [-0.05, 0) is 108 Å². The summed E-state index contributed by atoms with van der Waals surface area (Å²) < 4.78 is 51.7. The van der Waals surface area contributed by atoms with Crippen LogP contribution in [-0.2, 0) is 42.7 Å². The van der Waals surface area contributed by atoms with Gasteiger partial charge in [-0.2, -0.15) is 4.91 Å². The fraction of sp³-hybridized carbons (Fsp3) is 0.977. The molecule has 3 saturated heterocycles. The molecular weight excluding hydrogens is 766 g/mol. The number of rotatable bonds is 14. The predicted octanol–water partition coefficient (Wildman–Crippen LogP) is 3.98. The lowest BCUT2D eigenvalue weighted by molar-refractivity contribution is -0.322. The normalized spacial score (nSPS) is 45.9. The van der Waals surface area contributed by atoms with Gasteiger partial charge in [0.25, 0.3) is 0 Å². The number of carbonyl (C=O) groups excluding carboxylic acids is 1. The van der Waals surface area contributed by atoms with Gasteiger partial charge in [0.1, 0.15) is 23.9 Å². The molecule has 16 heteroatoms. The highest BCUT2D eigenvalue weighted by Gasteiger charge is 2.54. The zero-order valence-corrected chi connectivity index (χ0v) is 39.0. The number of aliphatic hydroxyl groups is 3. The van der Waals surface area contributed by atoms with Crippen LogP contribution in [-0.4, -0.2) is 177 Å². The zero-order chi connectivity index (χ0) is 44.8. The van der Waals surface area contributed by atoms with E-state index in [-0.39, 0.29) is 31.4 Å². The van der Waals surface area contributed by atoms with Crippen molar-refractivity contribution in [1.82, 2.24) is 9.80 Å². The van der Waals surface area contributed by atoms with E-state index in [1.54, 1.807) is 35.0 Å². The van der Waals surface area contributed by atoms with Crippen LogP contribution in [0.15, 0.2) is 5.18 Å². The fourth-order valence-electron chi connectivity index (χ4n) is 9.85. The van der Waals surface area contributed by atoms with Crippen LogP contribution in [0.3, 0.4) is 0 Å². The molecule has 3 rings (SSSR count). The first kappa shape index (κ1) is 51.9. The van der Waals surface area contributed by atoms with E-state index < -0.39 is 108 Å². The number of hydrogen-bond acceptors (Lipinski definition) is 16. The van der Waals surface area contributed by atoms with Gasteiger partial charge in [-0.15, -0.1) is 0 Å². The SMILES string of the molecule is CC[C@H]1OC(=O)[C@H](C)[C@@H](OC2CC(C)(OC)C(OCCCN(C)C)C(C)O2)[C@H](C)[C@@H](OC2OC(C)CC(N(C)C)C2O)[C@](C)(OC)C[C@@H](C)C(N=O)[C@H](C)[C@@H](O)[C@]1(C)O. The Kier molecular flexibility index (Phi) is 19.2. The molecule has 3 heterocycles. The maximum atomic E-state index is 14.4. The Bertz CT molecular complexity index is 1310. The van der Waals surface area contributed by atoms with E-state index in [0.717, 1.165) is 13.0 Å². The van der Waals surface area contributed by atoms with Crippen molar-refractivity contribution in [3.8, 4) is 0 Å². The second kappa shape index (κ2) is 21.8. The second-order valence-electron chi connectivity index (χ2n) is 19.0. The Hall–Kier alpha value is -1.41. The summed E-state index contributed by atoms with van der Waals surface area (Å²) >= 11 is 0. The van der Waals surface area contributed by atoms with Crippen molar-refractivity contribution in [2.75, 3.05) is 55.6 Å². The second-order valence-corrected chi connectivity index (χ2v) is 19.0. The molecule has 0 aliphatic carbocycles. The molecule has 0 aromatic heterocycles. The summed E-state index contributed by atoms with van der Waals surface area (Å²) in [7, 11) is 11.0. The van der Waals surface area contributed by atoms with E-state index in [0.29, 0.717) is 13.0 Å². The van der Waals surface area contributed by atoms with Gasteiger partial charge in [-0.3, -0.25) is 4.79 Å². The standard InChI is InChI=1S/C43H81N3O13/c1-17-31-43(10,50)36(48)26(4)33(44-51)24(2)22-41(8,52-15)37(59-40-34(47)30(46(13)14)21-25(3)55-40)27(5)35(28(6)39(49)57-31)58-32-23-42(9,53-16)38(29(7)56-32)54-20-18-19-45(11)12/h24-38,40,47-48,50H,17-23H2,1-16H3/t24-,25?,26+,27+,28-,29?,30?,31-,32?,33?,34?,35+,36-,37-,38?,40?,41-,42?,43-/m1/s1. The predicted molar refractivity (Wildman–Crippen MR) is 223 cm³/mol. The fourth-order valence-corrected chi connectivity index (χ4v) is 9.85. The molecule has 9 unspecified atom stereocenters. The molecule has 16 nitrogen and oxygen atoms in total. The molecular formula is C43H81N3O13. The highest BCUT2D eigenvalue weighted by molar-refractivity contribution is 5.73. The third-order valence-corrected chi connectivity index (χ3v) is 13.6. The van der Waals surface area contributed by atoms with Crippen molar-refractivity contribution in [2.24, 2.45) is 28.8 Å². The van der Waals surface area contributed by atoms with Crippen LogP contribution in [0.4, 0.5) is 0 Å². The first-order chi connectivity index (χ1) is 27.4. The summed E-state index contributed by atoms with van der Waals surface area (Å²) in [4.78, 5) is 31.1. The lowest BCUT2D eigenvalue weighted by Gasteiger charge is -2.50. The summed E-state index contributed by atoms with van der Waals surface area (Å²) in [5.74, 6) is -3.71. The van der Waals surface area contributed by atoms with Crippen LogP contribution in [0.25, 0.3) is 0 Å². The molecule has 0 aromatic rings. The van der Waals surface area contributed by atoms with Crippen molar-refractivity contribution >= 4 is 5.97 Å². The molecule has 0 radical (unpaired) electrons. The molecule has 3 fully saturated rings. The molecule has 3 aliphatic rings. The minimum Gasteiger partial charge on any atom is -0.459 e. The van der Waals surface area contributed by atoms with Crippen LogP contribution >= 0.6 is 0 Å². The van der Waals surface area contributed by atoms with E-state index in [9.17, 15) is 25.0 Å². The van der Waals surface area contributed by atoms with Crippen molar-refractivity contribution in [1.29, 1.82) is 0 Å². The number of cyclic esters (lactones) is 1. The highest BCUT2D eigenvalue weighted by Crippen LogP contribution is 2.43. The number of carbonyl (C=O) groups is 1. The van der Waals surface area contributed by atoms with E-state index in [1.807, 2.05) is 74.6 Å². The Balaban J connectivity index is 2.19. The van der Waals surface area contributed by atoms with Gasteiger partial charge >= 0.3 is 5.97 Å². The van der Waals surface area contributed by atoms with Crippen LogP contribution in [0.1, 0.15) is 101 Å². The van der Waals surface area contributed by atoms with Crippen LogP contribution < -0.4 is 0 Å². The number of aliphatic hydroxyl groups excluding tert-OH is 2. The van der Waals surface area contributed by atoms with Gasteiger partial charge in [0, 0.05) is 45.1 Å². The van der Waals surface area contributed by atoms with E-state index >= 15 is 0 Å². The molecule has 346 valence electrons. The lowest BCUT2D eigenvalue weighted by atomic mass is 9.72. The average Bonchev–Trinajstić information content (AvgIpc) is 3.16. The smallest absolute Gasteiger partial charge is 0.311 e. The number of nitrogens with zero attached hydrogens (tertiary/aromatic N) is 3. The van der Waals surface area contributed by atoms with Crippen molar-refractivity contribution in [3.05, 3.63) is 4.91 Å². The number of esters is 1. The van der Waals surface area contributed by atoms with Crippen LogP contribution in [0.5, 0.6) is 0 Å². The maximum absolute atomic E-state index is 14.4. The molecule has 3 aliphatic heterocycles. The maximum Gasteiger partial charge on any atom is 0.311 e. The number of methoxy groups -OCH3 is 2. The molecule has 0 bridgehead atoms. The molecule has 0 saturated carbocycles. The Morgan fingerprint density at radius 3 is 2.03 bits per heavy atom. The van der Waals surface area contributed by atoms with Gasteiger partial charge < -0.3 is 63.0 Å². The van der Waals surface area contributed by atoms with Gasteiger partial charge in [0.05, 0.1) is 53.7 Å². The van der Waals surface area contributed by atoms with Crippen molar-refractivity contribution in [2.45, 2.75) is 192 Å². The Morgan fingerprint density at radius 2 is 1.49 bits per heavy atom. The number of hydrogen-bond donors (Lipinski definition) is 3. The zero-order valence-electron chi connectivity index (χ0n) is 39.0. The minimum absolute atomic E-state index is 0.173. The summed E-state index contributed by atoms with van der Waals surface area (Å²) in [5, 5.41) is 38.7. The summed E-state index contributed by atoms with van der Waals surface area (Å²) in [6.07, 6.45) is -6.68. The minimum atomic E-state index is -1.94. The quantitative estimate of drug-likeness (QED) is 0.129. The lowest BCUT2D eigenvalue weighted by Crippen LogP contribution is -2.62. The number of ether oxygens (including phenoxy) is 8. The van der Waals surface area contributed by atoms with E-state index in [4.69, 9.17) is 37.9 Å². The van der Waals surface area contributed by atoms with Gasteiger partial charge in [-0.1, -0.05) is 32.9 Å². The van der Waals surface area contributed by atoms with Crippen molar-refractivity contribution < 1.29 is 58.0 Å². The number of nitroso groups, excluding NO2 is 1. The summed E-state index contributed by atoms with van der Waals surface area (Å²) in [6.45, 7) is 19.3. The van der Waals surface area contributed by atoms with Gasteiger partial charge in [0.2, 0.25) is 0 Å². The molecule has 0 aromatic carbocycles. The molecule has 0 amide bonds. The monoisotopic (exact) mass is 848 g/mol. The number of likely N-dealkylation sites (N-methyl/N-ethyl adjacent to an activating group) is 1. The van der Waals surface area contributed by atoms with Gasteiger partial charge in [-0.25, -0.2) is 0 Å². The van der Waals surface area contributed by atoms with E-state index in [1.165, 1.54) is 6.92 Å². The third-order valence-electron chi connectivity index (χ3n) is 13.6. The average molecular weight is 848 g/mol. The van der Waals surface area contributed by atoms with Gasteiger partial charge in [0.15, 0.2) is 12.6 Å². The molecule has 59 heavy (non-hydrogen) atoms. The molecule has 3 N–H and O–H groups in total.